The highest BCUT2D eigenvalue weighted by Crippen LogP contribution is 2.33. The third kappa shape index (κ3) is 4.32. The number of halogens is 3. The lowest BCUT2D eigenvalue weighted by Crippen LogP contribution is -2.42. The lowest BCUT2D eigenvalue weighted by atomic mass is 9.92. The number of fused-ring (bicyclic) bond motifs is 1. The van der Waals surface area contributed by atoms with Gasteiger partial charge in [0.2, 0.25) is 17.8 Å². The lowest BCUT2D eigenvalue weighted by Gasteiger charge is -2.34. The summed E-state index contributed by atoms with van der Waals surface area (Å²) in [6.45, 7) is 2.72. The van der Waals surface area contributed by atoms with Gasteiger partial charge in [0, 0.05) is 24.7 Å². The van der Waals surface area contributed by atoms with Gasteiger partial charge in [-0.2, -0.15) is 18.2 Å². The average molecular weight is 449 g/mol. The van der Waals surface area contributed by atoms with Crippen LogP contribution in [0.25, 0.3) is 0 Å². The normalized spacial score (nSPS) is 21.0. The van der Waals surface area contributed by atoms with E-state index in [1.54, 1.807) is 0 Å². The number of H-pyrrole nitrogens is 1. The third-order valence-electron chi connectivity index (χ3n) is 5.79. The van der Waals surface area contributed by atoms with Crippen LogP contribution in [0, 0.1) is 0 Å². The topological polar surface area (TPSA) is 107 Å². The average Bonchev–Trinajstić information content (AvgIpc) is 2.72. The number of benzene rings is 1. The molecule has 2 aliphatic heterocycles. The van der Waals surface area contributed by atoms with Crippen LogP contribution in [-0.4, -0.2) is 34.4 Å². The van der Waals surface area contributed by atoms with E-state index >= 15 is 0 Å². The van der Waals surface area contributed by atoms with Gasteiger partial charge in [0.15, 0.2) is 0 Å². The van der Waals surface area contributed by atoms with Crippen LogP contribution in [0.4, 0.5) is 30.6 Å². The van der Waals surface area contributed by atoms with Gasteiger partial charge in [-0.15, -0.1) is 0 Å². The Balaban J connectivity index is 1.64. The van der Waals surface area contributed by atoms with Crippen LogP contribution in [0.3, 0.4) is 0 Å². The van der Waals surface area contributed by atoms with Crippen molar-refractivity contribution in [1.29, 1.82) is 0 Å². The molecule has 2 amide bonds. The summed E-state index contributed by atoms with van der Waals surface area (Å²) in [7, 11) is 0. The highest BCUT2D eigenvalue weighted by molar-refractivity contribution is 6.04. The zero-order valence-corrected chi connectivity index (χ0v) is 17.3. The van der Waals surface area contributed by atoms with Crippen LogP contribution < -0.4 is 21.1 Å². The van der Waals surface area contributed by atoms with E-state index < -0.39 is 35.0 Å². The molecule has 0 saturated carbocycles. The molecule has 4 rings (SSSR count). The predicted octanol–water partition coefficient (Wildman–Crippen LogP) is 3.23. The first-order chi connectivity index (χ1) is 15.1. The Kier molecular flexibility index (Phi) is 5.66. The fourth-order valence-electron chi connectivity index (χ4n) is 4.13. The number of hydrogen-bond acceptors (Lipinski definition) is 5. The molecule has 1 aromatic carbocycles. The number of amides is 2. The maximum atomic E-state index is 13.0. The monoisotopic (exact) mass is 449 g/mol. The molecule has 2 atom stereocenters. The number of anilines is 3. The van der Waals surface area contributed by atoms with Gasteiger partial charge >= 0.3 is 6.18 Å². The first kappa shape index (κ1) is 21.8. The molecule has 1 saturated heterocycles. The number of aromatic nitrogens is 2. The molecule has 0 spiro atoms. The quantitative estimate of drug-likeness (QED) is 0.667. The van der Waals surface area contributed by atoms with Crippen molar-refractivity contribution in [2.24, 2.45) is 0 Å². The summed E-state index contributed by atoms with van der Waals surface area (Å²) in [5.74, 6) is -2.12. The van der Waals surface area contributed by atoms with Gasteiger partial charge in [0.1, 0.15) is 5.82 Å². The summed E-state index contributed by atoms with van der Waals surface area (Å²) in [6, 6.07) is 4.31. The number of nitrogens with one attached hydrogen (secondary N) is 3. The number of carbonyl (C=O) groups is 2. The number of nitrogens with zero attached hydrogens (tertiary/aromatic N) is 2. The summed E-state index contributed by atoms with van der Waals surface area (Å²) < 4.78 is 38.9. The van der Waals surface area contributed by atoms with Crippen LogP contribution in [0.15, 0.2) is 29.1 Å². The number of carbonyl (C=O) groups excluding carboxylic acids is 2. The summed E-state index contributed by atoms with van der Waals surface area (Å²) in [5.41, 5.74) is -1.58. The summed E-state index contributed by atoms with van der Waals surface area (Å²) in [4.78, 5) is 47.0. The number of piperidine rings is 1. The Morgan fingerprint density at radius 3 is 2.75 bits per heavy atom. The van der Waals surface area contributed by atoms with Crippen molar-refractivity contribution in [3.63, 3.8) is 0 Å². The van der Waals surface area contributed by atoms with Crippen LogP contribution >= 0.6 is 0 Å². The molecular weight excluding hydrogens is 427 g/mol. The maximum Gasteiger partial charge on any atom is 0.416 e. The smallest absolute Gasteiger partial charge is 0.340 e. The molecule has 0 aliphatic carbocycles. The molecule has 3 N–H and O–H groups in total. The molecule has 8 nitrogen and oxygen atoms in total. The van der Waals surface area contributed by atoms with Gasteiger partial charge in [-0.1, -0.05) is 6.07 Å². The van der Waals surface area contributed by atoms with Gasteiger partial charge in [-0.25, -0.2) is 0 Å². The van der Waals surface area contributed by atoms with Crippen molar-refractivity contribution in [2.45, 2.75) is 50.7 Å². The predicted molar refractivity (Wildman–Crippen MR) is 112 cm³/mol. The highest BCUT2D eigenvalue weighted by atomic mass is 19.4. The number of hydrogen-bond donors (Lipinski definition) is 3. The Morgan fingerprint density at radius 2 is 2.03 bits per heavy atom. The van der Waals surface area contributed by atoms with E-state index in [9.17, 15) is 27.6 Å². The fourth-order valence-corrected chi connectivity index (χ4v) is 4.13. The third-order valence-corrected chi connectivity index (χ3v) is 5.79. The maximum absolute atomic E-state index is 13.0. The molecule has 3 heterocycles. The second kappa shape index (κ2) is 8.29. The van der Waals surface area contributed by atoms with E-state index in [2.05, 4.69) is 20.6 Å². The van der Waals surface area contributed by atoms with Crippen LogP contribution in [0.2, 0.25) is 0 Å². The molecular formula is C21H22F3N5O3. The SMILES string of the molecule is C[C@@H]1CCCCN1c1nc2c(c(=O)[nH]1)[C@@H](C(=O)Nc1cccc(C(F)(F)F)c1)CC(=O)N2. The van der Waals surface area contributed by atoms with Gasteiger partial charge in [-0.05, 0) is 44.4 Å². The van der Waals surface area contributed by atoms with Gasteiger partial charge in [-0.3, -0.25) is 19.4 Å². The van der Waals surface area contributed by atoms with Crippen molar-refractivity contribution >= 4 is 29.3 Å². The van der Waals surface area contributed by atoms with Crippen molar-refractivity contribution in [2.75, 3.05) is 22.1 Å². The molecule has 1 aromatic heterocycles. The van der Waals surface area contributed by atoms with Crippen LogP contribution in [0.5, 0.6) is 0 Å². The molecule has 0 bridgehead atoms. The first-order valence-electron chi connectivity index (χ1n) is 10.3. The Morgan fingerprint density at radius 1 is 1.25 bits per heavy atom. The Labute approximate surface area is 181 Å². The van der Waals surface area contributed by atoms with Gasteiger partial charge < -0.3 is 15.5 Å². The molecule has 0 radical (unpaired) electrons. The Bertz CT molecular complexity index is 1110. The Hall–Kier alpha value is -3.37. The molecule has 0 unspecified atom stereocenters. The van der Waals surface area contributed by atoms with Crippen molar-refractivity contribution < 1.29 is 22.8 Å². The molecule has 2 aromatic rings. The van der Waals surface area contributed by atoms with Crippen LogP contribution in [-0.2, 0) is 15.8 Å². The fraction of sp³-hybridized carbons (Fsp3) is 0.429. The van der Waals surface area contributed by atoms with Crippen molar-refractivity contribution in [1.82, 2.24) is 9.97 Å². The number of alkyl halides is 3. The lowest BCUT2D eigenvalue weighted by molar-refractivity contribution is -0.137. The van der Waals surface area contributed by atoms with E-state index in [1.807, 2.05) is 11.8 Å². The van der Waals surface area contributed by atoms with Gasteiger partial charge in [0.25, 0.3) is 5.56 Å². The zero-order chi connectivity index (χ0) is 23.0. The van der Waals surface area contributed by atoms with E-state index in [1.165, 1.54) is 12.1 Å². The molecule has 11 heteroatoms. The zero-order valence-electron chi connectivity index (χ0n) is 17.3. The molecule has 1 fully saturated rings. The second-order valence-electron chi connectivity index (χ2n) is 8.06. The molecule has 170 valence electrons. The number of rotatable bonds is 3. The second-order valence-corrected chi connectivity index (χ2v) is 8.06. The van der Waals surface area contributed by atoms with E-state index in [0.29, 0.717) is 12.5 Å². The van der Waals surface area contributed by atoms with Crippen molar-refractivity contribution in [3.8, 4) is 0 Å². The molecule has 2 aliphatic rings. The summed E-state index contributed by atoms with van der Waals surface area (Å²) in [6.07, 6.45) is -1.93. The largest absolute Gasteiger partial charge is 0.416 e. The van der Waals surface area contributed by atoms with Crippen LogP contribution in [0.1, 0.15) is 49.7 Å². The minimum atomic E-state index is -4.57. The van der Waals surface area contributed by atoms with E-state index in [4.69, 9.17) is 0 Å². The highest BCUT2D eigenvalue weighted by Gasteiger charge is 2.36. The van der Waals surface area contributed by atoms with Gasteiger partial charge in [0.05, 0.1) is 17.0 Å². The van der Waals surface area contributed by atoms with E-state index in [0.717, 1.165) is 31.4 Å². The summed E-state index contributed by atoms with van der Waals surface area (Å²) in [5, 5.41) is 4.94. The number of aromatic amines is 1. The first-order valence-corrected chi connectivity index (χ1v) is 10.3. The molecule has 32 heavy (non-hydrogen) atoms. The standard InChI is InChI=1S/C21H22F3N5O3/c1-11-5-2-3-8-29(11)20-27-17-16(19(32)28-20)14(10-15(30)26-17)18(31)25-13-7-4-6-12(9-13)21(22,23)24/h4,6-7,9,11,14H,2-3,5,8,10H2,1H3,(H,25,31)(H2,26,27,28,30,32)/t11-,14+/m1/s1. The van der Waals surface area contributed by atoms with Crippen molar-refractivity contribution in [3.05, 3.63) is 45.7 Å². The van der Waals surface area contributed by atoms with E-state index in [-0.39, 0.29) is 29.5 Å². The minimum absolute atomic E-state index is 0.00182. The summed E-state index contributed by atoms with van der Waals surface area (Å²) >= 11 is 0. The minimum Gasteiger partial charge on any atom is -0.340 e.